The van der Waals surface area contributed by atoms with Crippen LogP contribution >= 0.6 is 0 Å². The fourth-order valence-corrected chi connectivity index (χ4v) is 10.3. The molecule has 0 radical (unpaired) electrons. The van der Waals surface area contributed by atoms with Crippen LogP contribution in [0.25, 0.3) is 89.0 Å². The lowest BCUT2D eigenvalue weighted by Crippen LogP contribution is -2.68. The second kappa shape index (κ2) is 29.7. The first-order valence-corrected chi connectivity index (χ1v) is 29.6. The molecule has 12 heteroatoms. The minimum Gasteiger partial charge on any atom is -0.222 e. The first kappa shape index (κ1) is 59.4. The molecule has 0 atom stereocenters. The van der Waals surface area contributed by atoms with E-state index in [1.807, 2.05) is 0 Å². The lowest BCUT2D eigenvalue weighted by Gasteiger charge is -2.19. The number of nitrogens with zero attached hydrogens (tertiary/aromatic N) is 2. The molecule has 0 bridgehead atoms. The van der Waals surface area contributed by atoms with Crippen molar-refractivity contribution < 1.29 is 66.9 Å². The lowest BCUT2D eigenvalue weighted by atomic mass is 9.85. The second-order valence-electron chi connectivity index (χ2n) is 19.7. The van der Waals surface area contributed by atoms with Gasteiger partial charge in [-0.2, -0.15) is 0 Å². The van der Waals surface area contributed by atoms with Crippen LogP contribution in [0.1, 0.15) is 57.8 Å². The monoisotopic (exact) mass is 1120 g/mol. The molecule has 0 unspecified atom stereocenters. The molecule has 0 saturated heterocycles. The number of aromatic nitrogens is 2. The van der Waals surface area contributed by atoms with Gasteiger partial charge in [0.2, 0.25) is 0 Å². The van der Waals surface area contributed by atoms with Gasteiger partial charge in [-0.1, -0.05) is 214 Å². The van der Waals surface area contributed by atoms with E-state index in [0.717, 1.165) is 13.1 Å². The smallest absolute Gasteiger partial charge is 0.169 e. The third-order valence-electron chi connectivity index (χ3n) is 14.0. The summed E-state index contributed by atoms with van der Waals surface area (Å²) < 4.78 is 72.7. The molecule has 0 spiro atoms. The Morgan fingerprint density at radius 2 is 0.420 bits per heavy atom. The normalized spacial score (nSPS) is 11.3. The number of aryl methyl sites for hydroxylation is 2. The van der Waals surface area contributed by atoms with E-state index in [9.17, 15) is 0 Å². The Morgan fingerprint density at radius 1 is 0.222 bits per heavy atom. The van der Waals surface area contributed by atoms with Crippen LogP contribution in [0.4, 0.5) is 0 Å². The van der Waals surface area contributed by atoms with E-state index in [2.05, 4.69) is 264 Å². The van der Waals surface area contributed by atoms with Gasteiger partial charge in [-0.25, -0.2) is 46.4 Å². The van der Waals surface area contributed by atoms with Crippen LogP contribution in [-0.4, -0.2) is 0 Å². The van der Waals surface area contributed by atoms with Crippen LogP contribution in [0.2, 0.25) is 0 Å². The van der Waals surface area contributed by atoms with E-state index in [1.165, 1.54) is 147 Å². The molecule has 0 aliphatic carbocycles. The highest BCUT2D eigenvalue weighted by Crippen LogP contribution is 2.45. The molecule has 10 aromatic rings. The minimum atomic E-state index is -4.94. The molecule has 0 amide bonds. The average molecular weight is 1120 g/mol. The van der Waals surface area contributed by atoms with Crippen LogP contribution < -0.4 is 46.4 Å². The first-order chi connectivity index (χ1) is 39.2. The van der Waals surface area contributed by atoms with Gasteiger partial charge in [0.05, 0.1) is 0 Å². The number of hydrogen-bond acceptors (Lipinski definition) is 8. The first-order valence-electron chi connectivity index (χ1n) is 27.2. The van der Waals surface area contributed by atoms with Crippen molar-refractivity contribution in [2.45, 2.75) is 70.9 Å². The van der Waals surface area contributed by atoms with Crippen molar-refractivity contribution in [1.82, 2.24) is 0 Å². The summed E-state index contributed by atoms with van der Waals surface area (Å²) in [6, 6.07) is 83.8. The van der Waals surface area contributed by atoms with Gasteiger partial charge in [0.15, 0.2) is 24.8 Å². The summed E-state index contributed by atoms with van der Waals surface area (Å²) in [6.45, 7) is 2.09. The quantitative estimate of drug-likeness (QED) is 0.0538. The molecular weight excluding hydrogens is 1060 g/mol. The molecule has 0 saturated carbocycles. The van der Waals surface area contributed by atoms with Crippen molar-refractivity contribution in [3.63, 3.8) is 0 Å². The summed E-state index contributed by atoms with van der Waals surface area (Å²) in [6.07, 6.45) is 20.7. The third kappa shape index (κ3) is 18.7. The molecule has 10 nitrogen and oxygen atoms in total. The maximum atomic E-state index is 8.49. The van der Waals surface area contributed by atoms with Crippen molar-refractivity contribution in [1.29, 1.82) is 0 Å². The predicted octanol–water partition coefficient (Wildman–Crippen LogP) is 8.30. The number of hydrogen-bond donors (Lipinski definition) is 0. The predicted molar refractivity (Wildman–Crippen MR) is 298 cm³/mol. The molecule has 0 N–H and O–H groups in total. The van der Waals surface area contributed by atoms with Crippen molar-refractivity contribution in [3.05, 3.63) is 255 Å². The number of rotatable bonds is 20. The summed E-state index contributed by atoms with van der Waals surface area (Å²) in [4.78, 5) is 0. The molecular formula is C69H64Cl2N2O8. The Kier molecular flexibility index (Phi) is 21.8. The topological polar surface area (TPSA) is 192 Å². The Hall–Kier alpha value is -7.68. The molecule has 0 fully saturated rings. The van der Waals surface area contributed by atoms with Crippen LogP contribution in [-0.2, 0) is 13.1 Å². The minimum absolute atomic E-state index is 1.05. The fourth-order valence-electron chi connectivity index (χ4n) is 10.3. The Morgan fingerprint density at radius 3 is 0.642 bits per heavy atom. The van der Waals surface area contributed by atoms with Gasteiger partial charge in [-0.3, -0.25) is 0 Å². The number of halogens is 2. The largest absolute Gasteiger partial charge is 0.222 e. The highest BCUT2D eigenvalue weighted by Gasteiger charge is 2.20. The molecule has 2 heterocycles. The van der Waals surface area contributed by atoms with E-state index in [0.29, 0.717) is 0 Å². The fraction of sp³-hybridized carbons (Fsp3) is 0.159. The zero-order valence-corrected chi connectivity index (χ0v) is 46.5. The van der Waals surface area contributed by atoms with E-state index < -0.39 is 20.5 Å². The maximum absolute atomic E-state index is 8.49. The van der Waals surface area contributed by atoms with Gasteiger partial charge in [-0.05, 0) is 126 Å². The summed E-state index contributed by atoms with van der Waals surface area (Å²) in [5, 5.41) is 0. The highest BCUT2D eigenvalue weighted by atomic mass is 35.7. The highest BCUT2D eigenvalue weighted by molar-refractivity contribution is 5.99. The van der Waals surface area contributed by atoms with E-state index >= 15 is 0 Å². The van der Waals surface area contributed by atoms with Crippen molar-refractivity contribution in [2.24, 2.45) is 0 Å². The SMILES string of the molecule is [O-][Cl+3]([O-])([O-])[O-].[O-][Cl+3]([O-])([O-])[O-].c1ccc(-c2cc(-c3ccccc3)c(-c3cc[n+](CCCCCCCCCCC[n+]4ccc(-c5c(-c6ccccc6)cc(-c6ccccc6)cc5-c5ccccc5)cc4)cc3)c(-c3ccccc3)c2)cc1. The van der Waals surface area contributed by atoms with E-state index in [-0.39, 0.29) is 0 Å². The van der Waals surface area contributed by atoms with Crippen LogP contribution in [0, 0.1) is 20.5 Å². The third-order valence-corrected chi connectivity index (χ3v) is 14.0. The standard InChI is InChI=1S/C69H64N2.2ClHO4/c1(2-4-6-26-44-70-46-40-60(41-47-70)68-64(56-32-18-10-19-33-56)50-62(54-28-14-8-15-29-54)51-65(68)57-34-20-11-21-35-57)3-5-7-27-45-71-48-42-61(43-49-71)69-66(58-36-22-12-23-37-58)52-63(55-30-16-9-17-31-55)53-67(69)59-38-24-13-25-39-59;2*2-1(3,4)5/h8-25,28-43,46-53H,1-7,26-27,44-45H2;2*(H,2,3,4,5)/q+2;;/p-2. The van der Waals surface area contributed by atoms with E-state index in [1.54, 1.807) is 0 Å². The van der Waals surface area contributed by atoms with Gasteiger partial charge in [0.1, 0.15) is 13.1 Å². The zero-order chi connectivity index (χ0) is 56.9. The summed E-state index contributed by atoms with van der Waals surface area (Å²) in [7, 11) is -9.89. The van der Waals surface area contributed by atoms with Gasteiger partial charge >= 0.3 is 0 Å². The number of unbranched alkanes of at least 4 members (excludes halogenated alkanes) is 8. The Balaban J connectivity index is 0.000000793. The summed E-state index contributed by atoms with van der Waals surface area (Å²) >= 11 is 0. The molecule has 0 aliphatic rings. The van der Waals surface area contributed by atoms with Crippen molar-refractivity contribution >= 4 is 0 Å². The van der Waals surface area contributed by atoms with Crippen molar-refractivity contribution in [2.75, 3.05) is 0 Å². The van der Waals surface area contributed by atoms with Gasteiger partial charge in [0.25, 0.3) is 0 Å². The second-order valence-corrected chi connectivity index (χ2v) is 21.2. The molecule has 412 valence electrons. The summed E-state index contributed by atoms with van der Waals surface area (Å²) in [5.74, 6) is 0. The van der Waals surface area contributed by atoms with Crippen LogP contribution in [0.3, 0.4) is 0 Å². The molecule has 81 heavy (non-hydrogen) atoms. The van der Waals surface area contributed by atoms with Gasteiger partial charge < -0.3 is 0 Å². The maximum Gasteiger partial charge on any atom is 0.169 e. The summed E-state index contributed by atoms with van der Waals surface area (Å²) in [5.41, 5.74) is 19.9. The molecule has 2 aromatic heterocycles. The molecule has 8 aromatic carbocycles. The Labute approximate surface area is 479 Å². The van der Waals surface area contributed by atoms with Crippen LogP contribution in [0.15, 0.2) is 255 Å². The average Bonchev–Trinajstić information content (AvgIpc) is 3.55. The van der Waals surface area contributed by atoms with Crippen molar-refractivity contribution in [3.8, 4) is 89.0 Å². The molecule has 0 aliphatic heterocycles. The van der Waals surface area contributed by atoms with E-state index in [4.69, 9.17) is 37.3 Å². The van der Waals surface area contributed by atoms with Crippen LogP contribution in [0.5, 0.6) is 0 Å². The molecule has 10 rings (SSSR count). The van der Waals surface area contributed by atoms with Gasteiger partial charge in [0, 0.05) is 37.1 Å². The van der Waals surface area contributed by atoms with Gasteiger partial charge in [-0.15, -0.1) is 20.5 Å². The number of benzene rings is 8. The number of pyridine rings is 2. The lowest BCUT2D eigenvalue weighted by molar-refractivity contribution is -2.00. The zero-order valence-electron chi connectivity index (χ0n) is 44.9. The Bertz CT molecular complexity index is 3090.